The van der Waals surface area contributed by atoms with Gasteiger partial charge < -0.3 is 9.57 Å². The Hall–Kier alpha value is -1.84. The largest absolute Gasteiger partial charge is 0.463 e. The van der Waals surface area contributed by atoms with Crippen molar-refractivity contribution < 1.29 is 14.4 Å². The molecular weight excluding hydrogens is 266 g/mol. The highest BCUT2D eigenvalue weighted by Crippen LogP contribution is 2.43. The summed E-state index contributed by atoms with van der Waals surface area (Å²) >= 11 is 0. The molecule has 1 heterocycles. The molecule has 1 aromatic rings. The number of hydrogen-bond donors (Lipinski definition) is 0. The molecule has 0 saturated heterocycles. The van der Waals surface area contributed by atoms with E-state index in [9.17, 15) is 4.79 Å². The molecular formula is C17H23NO3. The normalized spacial score (nSPS) is 24.6. The van der Waals surface area contributed by atoms with Crippen molar-refractivity contribution in [2.45, 2.75) is 45.6 Å². The minimum atomic E-state index is -1.04. The van der Waals surface area contributed by atoms with Crippen LogP contribution in [0.3, 0.4) is 0 Å². The maximum atomic E-state index is 12.5. The van der Waals surface area contributed by atoms with E-state index >= 15 is 0 Å². The summed E-state index contributed by atoms with van der Waals surface area (Å²) < 4.78 is 5.26. The number of rotatable bonds is 5. The Morgan fingerprint density at radius 1 is 1.33 bits per heavy atom. The van der Waals surface area contributed by atoms with E-state index in [1.807, 2.05) is 37.3 Å². The lowest BCUT2D eigenvalue weighted by Crippen LogP contribution is -2.46. The minimum Gasteiger partial charge on any atom is -0.463 e. The van der Waals surface area contributed by atoms with Crippen molar-refractivity contribution in [2.24, 2.45) is 11.1 Å². The van der Waals surface area contributed by atoms with Crippen molar-refractivity contribution in [3.05, 3.63) is 35.9 Å². The molecule has 4 nitrogen and oxygen atoms in total. The molecule has 0 saturated carbocycles. The Morgan fingerprint density at radius 3 is 2.52 bits per heavy atom. The van der Waals surface area contributed by atoms with Gasteiger partial charge in [-0.15, -0.1) is 0 Å². The Bertz CT molecular complexity index is 524. The van der Waals surface area contributed by atoms with Crippen LogP contribution in [0.4, 0.5) is 0 Å². The van der Waals surface area contributed by atoms with Gasteiger partial charge in [0.25, 0.3) is 0 Å². The van der Waals surface area contributed by atoms with Crippen LogP contribution in [-0.2, 0) is 14.4 Å². The number of carbonyl (C=O) groups excluding carboxylic acids is 1. The van der Waals surface area contributed by atoms with Gasteiger partial charge in [0.15, 0.2) is 0 Å². The predicted octanol–water partition coefficient (Wildman–Crippen LogP) is 3.52. The maximum Gasteiger partial charge on any atom is 0.354 e. The fourth-order valence-electron chi connectivity index (χ4n) is 2.82. The number of carbonyl (C=O) groups is 1. The number of esters is 1. The first-order valence-electron chi connectivity index (χ1n) is 7.55. The summed E-state index contributed by atoms with van der Waals surface area (Å²) in [6, 6.07) is 9.93. The summed E-state index contributed by atoms with van der Waals surface area (Å²) in [5.41, 5.74) is 0.894. The molecule has 0 spiro atoms. The van der Waals surface area contributed by atoms with Crippen LogP contribution in [0.5, 0.6) is 0 Å². The SMILES string of the molecule is CCOC(=O)C1(CC)ON=C(C(C)C)C1c1ccccc1. The first-order valence-corrected chi connectivity index (χ1v) is 7.55. The van der Waals surface area contributed by atoms with E-state index in [2.05, 4.69) is 19.0 Å². The Labute approximate surface area is 126 Å². The monoisotopic (exact) mass is 289 g/mol. The highest BCUT2D eigenvalue weighted by molar-refractivity contribution is 6.00. The van der Waals surface area contributed by atoms with Gasteiger partial charge in [0.2, 0.25) is 5.60 Å². The van der Waals surface area contributed by atoms with Crippen molar-refractivity contribution in [2.75, 3.05) is 6.61 Å². The molecule has 21 heavy (non-hydrogen) atoms. The van der Waals surface area contributed by atoms with Gasteiger partial charge in [0, 0.05) is 0 Å². The third kappa shape index (κ3) is 2.67. The second kappa shape index (κ2) is 6.29. The average molecular weight is 289 g/mol. The molecule has 0 amide bonds. The summed E-state index contributed by atoms with van der Waals surface area (Å²) in [5.74, 6) is -0.318. The second-order valence-corrected chi connectivity index (χ2v) is 5.57. The molecule has 1 aromatic carbocycles. The summed E-state index contributed by atoms with van der Waals surface area (Å²) in [4.78, 5) is 18.2. The van der Waals surface area contributed by atoms with Crippen molar-refractivity contribution in [3.63, 3.8) is 0 Å². The zero-order valence-electron chi connectivity index (χ0n) is 13.1. The van der Waals surface area contributed by atoms with Crippen molar-refractivity contribution >= 4 is 11.7 Å². The van der Waals surface area contributed by atoms with Gasteiger partial charge in [-0.25, -0.2) is 4.79 Å². The van der Waals surface area contributed by atoms with Gasteiger partial charge >= 0.3 is 5.97 Å². The van der Waals surface area contributed by atoms with Crippen LogP contribution in [0.1, 0.15) is 45.6 Å². The van der Waals surface area contributed by atoms with Gasteiger partial charge in [0.1, 0.15) is 0 Å². The summed E-state index contributed by atoms with van der Waals surface area (Å²) in [5, 5.41) is 4.24. The molecule has 1 aliphatic rings. The number of hydrogen-bond acceptors (Lipinski definition) is 4. The number of ether oxygens (including phenoxy) is 1. The van der Waals surface area contributed by atoms with E-state index in [1.165, 1.54) is 0 Å². The minimum absolute atomic E-state index is 0.192. The highest BCUT2D eigenvalue weighted by atomic mass is 16.7. The molecule has 2 atom stereocenters. The lowest BCUT2D eigenvalue weighted by molar-refractivity contribution is -0.171. The van der Waals surface area contributed by atoms with Gasteiger partial charge in [-0.3, -0.25) is 0 Å². The first-order chi connectivity index (χ1) is 10.1. The zero-order chi connectivity index (χ0) is 15.5. The van der Waals surface area contributed by atoms with Crippen LogP contribution < -0.4 is 0 Å². The Kier molecular flexibility index (Phi) is 4.66. The van der Waals surface area contributed by atoms with Gasteiger partial charge in [-0.1, -0.05) is 56.3 Å². The van der Waals surface area contributed by atoms with E-state index in [0.29, 0.717) is 13.0 Å². The van der Waals surface area contributed by atoms with Crippen LogP contribution in [0.25, 0.3) is 0 Å². The molecule has 0 N–H and O–H groups in total. The summed E-state index contributed by atoms with van der Waals surface area (Å²) in [6.45, 7) is 8.20. The van der Waals surface area contributed by atoms with E-state index in [4.69, 9.17) is 9.57 Å². The smallest absolute Gasteiger partial charge is 0.354 e. The Balaban J connectivity index is 2.48. The molecule has 0 aromatic heterocycles. The molecule has 114 valence electrons. The number of benzene rings is 1. The van der Waals surface area contributed by atoms with E-state index in [1.54, 1.807) is 6.92 Å². The molecule has 0 bridgehead atoms. The van der Waals surface area contributed by atoms with Crippen molar-refractivity contribution in [1.29, 1.82) is 0 Å². The number of oxime groups is 1. The molecule has 2 unspecified atom stereocenters. The van der Waals surface area contributed by atoms with Crippen molar-refractivity contribution in [1.82, 2.24) is 0 Å². The fourth-order valence-corrected chi connectivity index (χ4v) is 2.82. The van der Waals surface area contributed by atoms with Crippen LogP contribution in [0.15, 0.2) is 35.5 Å². The van der Waals surface area contributed by atoms with E-state index < -0.39 is 5.60 Å². The van der Waals surface area contributed by atoms with E-state index in [-0.39, 0.29) is 17.8 Å². The van der Waals surface area contributed by atoms with Gasteiger partial charge in [0.05, 0.1) is 18.2 Å². The molecule has 1 aliphatic heterocycles. The van der Waals surface area contributed by atoms with E-state index in [0.717, 1.165) is 11.3 Å². The molecule has 0 aliphatic carbocycles. The van der Waals surface area contributed by atoms with Crippen LogP contribution in [-0.4, -0.2) is 23.9 Å². The summed E-state index contributed by atoms with van der Waals surface area (Å²) in [6.07, 6.45) is 0.519. The highest BCUT2D eigenvalue weighted by Gasteiger charge is 2.55. The van der Waals surface area contributed by atoms with Crippen LogP contribution in [0.2, 0.25) is 0 Å². The van der Waals surface area contributed by atoms with Gasteiger partial charge in [-0.05, 0) is 24.8 Å². The average Bonchev–Trinajstić information content (AvgIpc) is 2.89. The third-order valence-corrected chi connectivity index (χ3v) is 3.95. The standard InChI is InChI=1S/C17H23NO3/c1-5-17(16(19)20-6-2)14(13-10-8-7-9-11-13)15(12(3)4)18-21-17/h7-12,14H,5-6H2,1-4H3. The lowest BCUT2D eigenvalue weighted by atomic mass is 9.75. The second-order valence-electron chi connectivity index (χ2n) is 5.57. The Morgan fingerprint density at radius 2 is 2.00 bits per heavy atom. The number of nitrogens with zero attached hydrogens (tertiary/aromatic N) is 1. The quantitative estimate of drug-likeness (QED) is 0.779. The maximum absolute atomic E-state index is 12.5. The summed E-state index contributed by atoms with van der Waals surface area (Å²) in [7, 11) is 0. The third-order valence-electron chi connectivity index (χ3n) is 3.95. The predicted molar refractivity (Wildman–Crippen MR) is 82.2 cm³/mol. The molecule has 0 radical (unpaired) electrons. The zero-order valence-corrected chi connectivity index (χ0v) is 13.1. The van der Waals surface area contributed by atoms with Crippen molar-refractivity contribution in [3.8, 4) is 0 Å². The first kappa shape index (κ1) is 15.5. The van der Waals surface area contributed by atoms with Crippen LogP contribution >= 0.6 is 0 Å². The molecule has 2 rings (SSSR count). The van der Waals surface area contributed by atoms with Gasteiger partial charge in [-0.2, -0.15) is 0 Å². The fraction of sp³-hybridized carbons (Fsp3) is 0.529. The van der Waals surface area contributed by atoms with Crippen LogP contribution in [0, 0.1) is 5.92 Å². The lowest BCUT2D eigenvalue weighted by Gasteiger charge is -2.30. The topological polar surface area (TPSA) is 47.9 Å². The molecule has 4 heteroatoms. The molecule has 0 fully saturated rings.